The van der Waals surface area contributed by atoms with Gasteiger partial charge in [-0.15, -0.1) is 0 Å². The summed E-state index contributed by atoms with van der Waals surface area (Å²) in [7, 11) is -16.3. The van der Waals surface area contributed by atoms with Crippen molar-refractivity contribution >= 4 is 228 Å². The summed E-state index contributed by atoms with van der Waals surface area (Å²) < 4.78 is 5.35. The van der Waals surface area contributed by atoms with Crippen LogP contribution in [-0.4, -0.2) is 173 Å². The van der Waals surface area contributed by atoms with Crippen molar-refractivity contribution in [2.24, 2.45) is 0 Å². The third kappa shape index (κ3) is 27.7. The van der Waals surface area contributed by atoms with Crippen LogP contribution in [0.4, 0.5) is 0 Å². The van der Waals surface area contributed by atoms with Crippen LogP contribution in [0.5, 0.6) is 0 Å². The first-order valence-electron chi connectivity index (χ1n) is 34.7. The molecule has 0 aliphatic heterocycles. The minimum absolute atomic E-state index is 0. The van der Waals surface area contributed by atoms with Gasteiger partial charge in [0.2, 0.25) is 0 Å². The Morgan fingerprint density at radius 1 is 0.217 bits per heavy atom. The van der Waals surface area contributed by atoms with E-state index in [1.54, 1.807) is 63.3 Å². The van der Waals surface area contributed by atoms with E-state index in [1.165, 1.54) is 0 Å². The molecule has 0 heterocycles. The molecule has 0 fully saturated rings. The molecule has 0 amide bonds. The molecule has 524 valence electrons. The summed E-state index contributed by atoms with van der Waals surface area (Å²) in [5, 5.41) is 4.87. The summed E-state index contributed by atoms with van der Waals surface area (Å²) in [6.07, 6.45) is 0. The number of rotatable bonds is 21. The summed E-state index contributed by atoms with van der Waals surface area (Å²) in [4.78, 5) is 0. The average Bonchev–Trinajstić information content (AvgIpc) is 3.19. The number of hydrogen-bond acceptors (Lipinski definition) is 0. The molecule has 20 heteroatoms. The first-order chi connectivity index (χ1) is 39.1. The molecule has 14 radical (unpaired) electrons. The van der Waals surface area contributed by atoms with Crippen LogP contribution >= 0.6 is 42.0 Å². The largest absolute Gasteiger partial charge is 0 e. The van der Waals surface area contributed by atoms with Crippen molar-refractivity contribution in [2.75, 3.05) is 0 Å². The molecule has 0 aromatic heterocycles. The van der Waals surface area contributed by atoms with Gasteiger partial charge < -0.3 is 0 Å². The maximum absolute atomic E-state index is 4.12. The fourth-order valence-corrected chi connectivity index (χ4v) is 110. The third-order valence-corrected chi connectivity index (χ3v) is 85.4. The first-order valence-corrected chi connectivity index (χ1v) is 95.5. The van der Waals surface area contributed by atoms with Crippen LogP contribution in [0, 0.1) is 0 Å². The molecular formula is C72H147Br3Ge5Si12. The van der Waals surface area contributed by atoms with E-state index in [2.05, 4.69) is 376 Å². The SMILES string of the molecule is CC(C)(C)c1cc(C([Si](C)(C)C)[Si](C)(C)C)[c]([Ge][Br])c(C([Si](C)(C)C)[Si](C)(C)C)c1.CC(C)(C)c1cc(C([Si](C)(C)C)[Si](C)(C)C)[c]([Ge][Br])c(C([Si](C)(C)C)[Si](C)(C)C)c1.CC(C)(C)c1cc(C([Si](C)(C)C)[Si](C)(C)C)[c]([Ge][Br])c(C([Si](C)(C)C)[Si](C)(C)C)c1.[Ge].[Ge]. The molecule has 0 unspecified atom stereocenters. The van der Waals surface area contributed by atoms with Crippen molar-refractivity contribution in [3.63, 3.8) is 0 Å². The Morgan fingerprint density at radius 2 is 0.304 bits per heavy atom. The maximum atomic E-state index is 4.12. The molecule has 0 saturated carbocycles. The maximum Gasteiger partial charge on any atom is 0 e. The Kier molecular flexibility index (Phi) is 36.7. The second-order valence-electron chi connectivity index (χ2n) is 44.1. The Labute approximate surface area is 651 Å². The van der Waals surface area contributed by atoms with Crippen LogP contribution in [0.2, 0.25) is 236 Å². The van der Waals surface area contributed by atoms with Crippen LogP contribution in [0.3, 0.4) is 0 Å². The van der Waals surface area contributed by atoms with Gasteiger partial charge in [0.25, 0.3) is 0 Å². The monoisotopic (exact) mass is 1950 g/mol. The Balaban J connectivity index is 0. The second kappa shape index (κ2) is 34.3. The molecule has 0 saturated heterocycles. The Hall–Kier alpha value is 4.42. The molecule has 0 N–H and O–H groups in total. The van der Waals surface area contributed by atoms with E-state index in [0.29, 0.717) is 0 Å². The number of hydrogen-bond donors (Lipinski definition) is 0. The summed E-state index contributed by atoms with van der Waals surface area (Å²) in [6, 6.07) is 16.1. The zero-order valence-electron chi connectivity index (χ0n) is 69.1. The van der Waals surface area contributed by atoms with Gasteiger partial charge in [0.1, 0.15) is 0 Å². The first kappa shape index (κ1) is 98.5. The normalized spacial score (nSPS) is 14.4. The van der Waals surface area contributed by atoms with E-state index in [4.69, 9.17) is 0 Å². The van der Waals surface area contributed by atoms with Crippen molar-refractivity contribution in [3.8, 4) is 0 Å². The zero-order valence-corrected chi connectivity index (χ0v) is 96.3. The summed E-state index contributed by atoms with van der Waals surface area (Å²) in [5.41, 5.74) is 15.9. The van der Waals surface area contributed by atoms with E-state index in [-0.39, 0.29) is 92.2 Å². The molecule has 3 aromatic rings. The predicted octanol–water partition coefficient (Wildman–Crippen LogP) is 24.1. The molecule has 3 aromatic carbocycles. The van der Waals surface area contributed by atoms with Gasteiger partial charge in [-0.1, -0.05) is 0 Å². The molecule has 0 bridgehead atoms. The van der Waals surface area contributed by atoms with Crippen molar-refractivity contribution in [1.82, 2.24) is 0 Å². The van der Waals surface area contributed by atoms with Gasteiger partial charge in [-0.2, -0.15) is 0 Å². The van der Waals surface area contributed by atoms with Crippen molar-refractivity contribution in [2.45, 2.75) is 345 Å². The fourth-order valence-electron chi connectivity index (χ4n) is 18.4. The van der Waals surface area contributed by atoms with Crippen LogP contribution in [0.1, 0.15) is 143 Å². The van der Waals surface area contributed by atoms with Crippen molar-refractivity contribution < 1.29 is 0 Å². The topological polar surface area (TPSA) is 0 Å². The van der Waals surface area contributed by atoms with E-state index >= 15 is 0 Å². The van der Waals surface area contributed by atoms with E-state index in [0.717, 1.165) is 31.0 Å². The molecule has 0 atom stereocenters. The second-order valence-corrected chi connectivity index (χ2v) is 122. The summed E-state index contributed by atoms with van der Waals surface area (Å²) >= 11 is 11.5. The van der Waals surface area contributed by atoms with Crippen LogP contribution in [-0.2, 0) is 16.2 Å². The third-order valence-electron chi connectivity index (χ3n) is 18.7. The summed E-state index contributed by atoms with van der Waals surface area (Å²) in [5.74, 6) is 0. The van der Waals surface area contributed by atoms with Crippen molar-refractivity contribution in [1.29, 1.82) is 0 Å². The molecule has 92 heavy (non-hydrogen) atoms. The van der Waals surface area contributed by atoms with Gasteiger partial charge >= 0.3 is 625 Å². The molecule has 0 nitrogen and oxygen atoms in total. The van der Waals surface area contributed by atoms with Crippen LogP contribution < -0.4 is 13.2 Å². The van der Waals surface area contributed by atoms with Gasteiger partial charge in [-0.05, 0) is 0 Å². The average molecular weight is 1950 g/mol. The standard InChI is InChI=1S/3C24H49BrGeSi4.2Ge/c3*1-24(2,3)18-16-19(22(27(4,5)6)28(7,8)9)21(26-25)20(17-18)23(29(10,11)12)30(13,14)15;;/h3*16-17,22-23H,1-15H3;;. The molecule has 0 aliphatic carbocycles. The molecule has 3 rings (SSSR count). The van der Waals surface area contributed by atoms with E-state index in [1.807, 2.05) is 0 Å². The van der Waals surface area contributed by atoms with E-state index in [9.17, 15) is 0 Å². The van der Waals surface area contributed by atoms with Gasteiger partial charge in [0.15, 0.2) is 0 Å². The predicted molar refractivity (Wildman–Crippen MR) is 486 cm³/mol. The van der Waals surface area contributed by atoms with Crippen molar-refractivity contribution in [3.05, 3.63) is 86.5 Å². The number of benzene rings is 3. The van der Waals surface area contributed by atoms with Crippen LogP contribution in [0.15, 0.2) is 36.4 Å². The fraction of sp³-hybridized carbons (Fsp3) is 0.750. The minimum atomic E-state index is -1.36. The van der Waals surface area contributed by atoms with Crippen LogP contribution in [0.25, 0.3) is 0 Å². The quantitative estimate of drug-likeness (QED) is 0.0933. The summed E-state index contributed by atoms with van der Waals surface area (Å²) in [6.45, 7) is 116. The Morgan fingerprint density at radius 3 is 0.359 bits per heavy atom. The smallest absolute Gasteiger partial charge is 0 e. The Bertz CT molecular complexity index is 2300. The van der Waals surface area contributed by atoms with Gasteiger partial charge in [0.05, 0.1) is 0 Å². The number of halogens is 3. The van der Waals surface area contributed by atoms with Gasteiger partial charge in [-0.25, -0.2) is 0 Å². The molecule has 0 spiro atoms. The van der Waals surface area contributed by atoms with Gasteiger partial charge in [0, 0.05) is 35.2 Å². The molecular weight excluding hydrogens is 1800 g/mol. The van der Waals surface area contributed by atoms with Gasteiger partial charge in [-0.3, -0.25) is 0 Å². The molecule has 0 aliphatic rings. The minimum Gasteiger partial charge on any atom is 0 e. The zero-order chi connectivity index (χ0) is 72.3. The van der Waals surface area contributed by atoms with E-state index < -0.39 is 96.9 Å².